The molecule has 0 fully saturated rings. The number of nitrogens with zero attached hydrogens (tertiary/aromatic N) is 2. The third-order valence-corrected chi connectivity index (χ3v) is 8.62. The lowest BCUT2D eigenvalue weighted by molar-refractivity contribution is 0.899. The zero-order valence-corrected chi connectivity index (χ0v) is 24.0. The average molecular weight is 544 g/mol. The molecule has 0 radical (unpaired) electrons. The SMILES string of the molecule is C=C/C(C)=C(C)/C(=C/Cn1c2ccccc2c2cc(-n3c4ccccc4c4ccccc43)ccc21)c1ccccc1N. The van der Waals surface area contributed by atoms with Gasteiger partial charge in [-0.05, 0) is 73.0 Å². The summed E-state index contributed by atoms with van der Waals surface area (Å²) in [6.45, 7) is 8.98. The van der Waals surface area contributed by atoms with E-state index < -0.39 is 0 Å². The number of nitrogen functional groups attached to an aromatic ring is 1. The summed E-state index contributed by atoms with van der Waals surface area (Å²) in [6.07, 6.45) is 4.22. The van der Waals surface area contributed by atoms with Gasteiger partial charge in [-0.2, -0.15) is 0 Å². The van der Waals surface area contributed by atoms with Crippen LogP contribution in [0.3, 0.4) is 0 Å². The molecule has 7 aromatic rings. The Bertz CT molecular complexity index is 2160. The van der Waals surface area contributed by atoms with Gasteiger partial charge >= 0.3 is 0 Å². The Hall–Kier alpha value is -5.28. The van der Waals surface area contributed by atoms with Gasteiger partial charge in [0, 0.05) is 56.1 Å². The van der Waals surface area contributed by atoms with Crippen LogP contribution in [0.4, 0.5) is 5.69 Å². The first-order valence-electron chi connectivity index (χ1n) is 14.4. The molecule has 0 aliphatic heterocycles. The van der Waals surface area contributed by atoms with Gasteiger partial charge in [0.15, 0.2) is 0 Å². The summed E-state index contributed by atoms with van der Waals surface area (Å²) < 4.78 is 4.80. The molecule has 7 rings (SSSR count). The van der Waals surface area contributed by atoms with Gasteiger partial charge in [0.25, 0.3) is 0 Å². The van der Waals surface area contributed by atoms with E-state index in [-0.39, 0.29) is 0 Å². The highest BCUT2D eigenvalue weighted by atomic mass is 15.0. The predicted molar refractivity (Wildman–Crippen MR) is 181 cm³/mol. The van der Waals surface area contributed by atoms with Gasteiger partial charge in [-0.3, -0.25) is 0 Å². The normalized spacial score (nSPS) is 12.9. The average Bonchev–Trinajstić information content (AvgIpc) is 3.54. The lowest BCUT2D eigenvalue weighted by Gasteiger charge is -2.15. The second-order valence-corrected chi connectivity index (χ2v) is 10.9. The van der Waals surface area contributed by atoms with Gasteiger partial charge in [-0.1, -0.05) is 91.5 Å². The van der Waals surface area contributed by atoms with Gasteiger partial charge in [0.05, 0.1) is 11.0 Å². The van der Waals surface area contributed by atoms with E-state index in [1.54, 1.807) is 0 Å². The van der Waals surface area contributed by atoms with E-state index in [2.05, 4.69) is 133 Å². The highest BCUT2D eigenvalue weighted by Gasteiger charge is 2.16. The molecule has 0 amide bonds. The molecule has 0 unspecified atom stereocenters. The van der Waals surface area contributed by atoms with Crippen molar-refractivity contribution in [3.63, 3.8) is 0 Å². The van der Waals surface area contributed by atoms with E-state index in [4.69, 9.17) is 5.73 Å². The minimum absolute atomic E-state index is 0.712. The summed E-state index contributed by atoms with van der Waals surface area (Å²) in [5.74, 6) is 0. The molecule has 0 bridgehead atoms. The number of hydrogen-bond acceptors (Lipinski definition) is 1. The number of para-hydroxylation sites is 4. The molecule has 42 heavy (non-hydrogen) atoms. The van der Waals surface area contributed by atoms with Crippen molar-refractivity contribution in [2.75, 3.05) is 5.73 Å². The molecule has 0 aliphatic carbocycles. The highest BCUT2D eigenvalue weighted by molar-refractivity contribution is 6.11. The Labute approximate surface area is 246 Å². The molecule has 0 spiro atoms. The van der Waals surface area contributed by atoms with E-state index in [9.17, 15) is 0 Å². The second kappa shape index (κ2) is 10.3. The summed E-state index contributed by atoms with van der Waals surface area (Å²) >= 11 is 0. The first-order valence-corrected chi connectivity index (χ1v) is 14.4. The van der Waals surface area contributed by atoms with E-state index in [0.717, 1.165) is 28.1 Å². The Morgan fingerprint density at radius 1 is 0.667 bits per heavy atom. The van der Waals surface area contributed by atoms with Crippen molar-refractivity contribution in [2.45, 2.75) is 20.4 Å². The number of rotatable bonds is 6. The van der Waals surface area contributed by atoms with Crippen molar-refractivity contribution in [3.8, 4) is 5.69 Å². The van der Waals surface area contributed by atoms with E-state index >= 15 is 0 Å². The molecular weight excluding hydrogens is 510 g/mol. The van der Waals surface area contributed by atoms with Crippen molar-refractivity contribution >= 4 is 54.9 Å². The van der Waals surface area contributed by atoms with Crippen LogP contribution < -0.4 is 5.73 Å². The van der Waals surface area contributed by atoms with Crippen LogP contribution in [0, 0.1) is 0 Å². The molecular formula is C39H33N3. The second-order valence-electron chi connectivity index (χ2n) is 10.9. The summed E-state index contributed by atoms with van der Waals surface area (Å²) in [4.78, 5) is 0. The van der Waals surface area contributed by atoms with Gasteiger partial charge in [0.2, 0.25) is 0 Å². The summed E-state index contributed by atoms with van der Waals surface area (Å²) in [5, 5.41) is 5.03. The molecule has 204 valence electrons. The Morgan fingerprint density at radius 2 is 1.21 bits per heavy atom. The minimum atomic E-state index is 0.712. The fraction of sp³-hybridized carbons (Fsp3) is 0.0769. The number of benzene rings is 5. The van der Waals surface area contributed by atoms with E-state index in [0.29, 0.717) is 6.54 Å². The van der Waals surface area contributed by atoms with E-state index in [1.165, 1.54) is 49.2 Å². The summed E-state index contributed by atoms with van der Waals surface area (Å²) in [6, 6.07) is 41.0. The van der Waals surface area contributed by atoms with Crippen molar-refractivity contribution < 1.29 is 0 Å². The molecule has 3 heteroatoms. The van der Waals surface area contributed by atoms with Crippen molar-refractivity contribution in [1.82, 2.24) is 9.13 Å². The fourth-order valence-electron chi connectivity index (χ4n) is 6.33. The van der Waals surface area contributed by atoms with E-state index in [1.807, 2.05) is 24.3 Å². The summed E-state index contributed by atoms with van der Waals surface area (Å²) in [7, 11) is 0. The van der Waals surface area contributed by atoms with Crippen LogP contribution in [0.1, 0.15) is 19.4 Å². The van der Waals surface area contributed by atoms with Gasteiger partial charge in [0.1, 0.15) is 0 Å². The van der Waals surface area contributed by atoms with Crippen LogP contribution >= 0.6 is 0 Å². The van der Waals surface area contributed by atoms with Crippen LogP contribution in [0.5, 0.6) is 0 Å². The van der Waals surface area contributed by atoms with Crippen LogP contribution in [0.15, 0.2) is 145 Å². The zero-order chi connectivity index (χ0) is 28.8. The number of fused-ring (bicyclic) bond motifs is 6. The standard InChI is InChI=1S/C39H33N3/c1-4-26(2)27(3)29(30-13-5-9-17-35(30)40)23-24-41-36-18-10-6-16-33(36)34-25-28(21-22-37(34)41)42-38-19-11-7-14-31(38)32-15-8-12-20-39(32)42/h4-23,25H,1,24,40H2,2-3H3/b27-26+,29-23-. The maximum absolute atomic E-state index is 6.47. The first kappa shape index (κ1) is 25.7. The number of anilines is 1. The molecule has 2 aromatic heterocycles. The topological polar surface area (TPSA) is 35.9 Å². The van der Waals surface area contributed by atoms with Crippen LogP contribution in [-0.2, 0) is 6.54 Å². The van der Waals surface area contributed by atoms with Crippen LogP contribution in [0.25, 0.3) is 54.9 Å². The Balaban J connectivity index is 1.43. The third kappa shape index (κ3) is 4.05. The van der Waals surface area contributed by atoms with Crippen LogP contribution in [-0.4, -0.2) is 9.13 Å². The predicted octanol–water partition coefficient (Wildman–Crippen LogP) is 10.1. The summed E-state index contributed by atoms with van der Waals surface area (Å²) in [5.41, 5.74) is 17.8. The monoisotopic (exact) mass is 543 g/mol. The molecule has 2 N–H and O–H groups in total. The molecule has 5 aromatic carbocycles. The fourth-order valence-corrected chi connectivity index (χ4v) is 6.33. The molecule has 0 atom stereocenters. The smallest absolute Gasteiger partial charge is 0.0541 e. The highest BCUT2D eigenvalue weighted by Crippen LogP contribution is 2.36. The Morgan fingerprint density at radius 3 is 1.86 bits per heavy atom. The molecule has 0 saturated heterocycles. The lowest BCUT2D eigenvalue weighted by Crippen LogP contribution is -2.00. The number of nitrogens with two attached hydrogens (primary N) is 1. The van der Waals surface area contributed by atoms with Gasteiger partial charge < -0.3 is 14.9 Å². The van der Waals surface area contributed by atoms with Gasteiger partial charge in [-0.15, -0.1) is 0 Å². The van der Waals surface area contributed by atoms with Crippen molar-refractivity contribution in [3.05, 3.63) is 151 Å². The number of aromatic nitrogens is 2. The maximum atomic E-state index is 6.47. The number of allylic oxidation sites excluding steroid dienone is 5. The molecule has 0 saturated carbocycles. The molecule has 2 heterocycles. The minimum Gasteiger partial charge on any atom is -0.398 e. The molecule has 3 nitrogen and oxygen atoms in total. The lowest BCUT2D eigenvalue weighted by atomic mass is 9.94. The van der Waals surface area contributed by atoms with Gasteiger partial charge in [-0.25, -0.2) is 0 Å². The van der Waals surface area contributed by atoms with Crippen LogP contribution in [0.2, 0.25) is 0 Å². The zero-order valence-electron chi connectivity index (χ0n) is 24.0. The largest absolute Gasteiger partial charge is 0.398 e. The van der Waals surface area contributed by atoms with Crippen molar-refractivity contribution in [1.29, 1.82) is 0 Å². The number of hydrogen-bond donors (Lipinski definition) is 1. The van der Waals surface area contributed by atoms with Crippen molar-refractivity contribution in [2.24, 2.45) is 0 Å². The quantitative estimate of drug-likeness (QED) is 0.164. The maximum Gasteiger partial charge on any atom is 0.0541 e. The first-order chi connectivity index (χ1) is 20.6. The molecule has 0 aliphatic rings. The Kier molecular flexibility index (Phi) is 6.28. The third-order valence-electron chi connectivity index (χ3n) is 8.62.